The van der Waals surface area contributed by atoms with Crippen LogP contribution in [0.4, 0.5) is 32.2 Å². The van der Waals surface area contributed by atoms with E-state index in [9.17, 15) is 40.8 Å². The summed E-state index contributed by atoms with van der Waals surface area (Å²) in [5.74, 6) is -0.658. The van der Waals surface area contributed by atoms with Crippen molar-refractivity contribution in [3.05, 3.63) is 34.0 Å². The Morgan fingerprint density at radius 1 is 1.33 bits per heavy atom. The minimum absolute atomic E-state index is 0.347. The van der Waals surface area contributed by atoms with Gasteiger partial charge in [0.2, 0.25) is 0 Å². The Kier molecular flexibility index (Phi) is 5.52. The molecule has 3 unspecified atom stereocenters. The molecule has 3 atom stereocenters. The molecule has 0 saturated carbocycles. The maximum absolute atomic E-state index is 13.2. The van der Waals surface area contributed by atoms with Gasteiger partial charge in [-0.25, -0.2) is 8.89 Å². The average molecular weight is 475 g/mol. The molecule has 0 aliphatic carbocycles. The van der Waals surface area contributed by atoms with Gasteiger partial charge >= 0.3 is 11.7 Å². The molecule has 162 valence electrons. The van der Waals surface area contributed by atoms with Crippen LogP contribution in [0.15, 0.2) is 17.0 Å². The lowest BCUT2D eigenvalue weighted by Crippen LogP contribution is -2.34. The number of rotatable bonds is 3. The summed E-state index contributed by atoms with van der Waals surface area (Å²) in [6, 6.07) is 0.841. The number of nitrogens with zero attached hydrogens (tertiary/aromatic N) is 3. The Labute approximate surface area is 170 Å². The highest BCUT2D eigenvalue weighted by molar-refractivity contribution is 7.86. The summed E-state index contributed by atoms with van der Waals surface area (Å²) in [7, 11) is -3.74. The van der Waals surface area contributed by atoms with E-state index in [4.69, 9.17) is 16.9 Å². The molecule has 1 aliphatic heterocycles. The van der Waals surface area contributed by atoms with Crippen LogP contribution in [-0.2, 0) is 17.0 Å². The van der Waals surface area contributed by atoms with E-state index in [2.05, 4.69) is 10.4 Å². The van der Waals surface area contributed by atoms with E-state index in [1.54, 1.807) is 0 Å². The molecule has 0 saturated heterocycles. The van der Waals surface area contributed by atoms with Crippen LogP contribution in [0.1, 0.15) is 22.9 Å². The van der Waals surface area contributed by atoms with E-state index >= 15 is 0 Å². The number of nitriles is 1. The molecule has 0 fully saturated rings. The molecule has 7 nitrogen and oxygen atoms in total. The standard InChI is InChI=1S/C15H9ClF6N4O3S/c16-7-2-5(14(17,18)19)1-6-10(9(28)4-27)24-13-12(30(29)15(20,21)22)8(3-23)25-26(13)11(6)7/h1-2,9-10,24,27-28H,4H2. The fourth-order valence-electron chi connectivity index (χ4n) is 2.94. The van der Waals surface area contributed by atoms with Crippen molar-refractivity contribution in [3.8, 4) is 11.8 Å². The molecule has 1 aromatic carbocycles. The minimum atomic E-state index is -5.28. The summed E-state index contributed by atoms with van der Waals surface area (Å²) >= 11 is 5.95. The number of alkyl halides is 6. The van der Waals surface area contributed by atoms with Gasteiger partial charge < -0.3 is 15.5 Å². The van der Waals surface area contributed by atoms with Crippen molar-refractivity contribution >= 4 is 28.2 Å². The van der Waals surface area contributed by atoms with Crippen molar-refractivity contribution in [3.63, 3.8) is 0 Å². The van der Waals surface area contributed by atoms with Gasteiger partial charge in [0.25, 0.3) is 0 Å². The normalized spacial score (nSPS) is 18.1. The van der Waals surface area contributed by atoms with Crippen molar-refractivity contribution in [1.29, 1.82) is 5.26 Å². The van der Waals surface area contributed by atoms with E-state index in [1.807, 2.05) is 0 Å². The number of benzene rings is 1. The zero-order valence-corrected chi connectivity index (χ0v) is 15.8. The molecule has 30 heavy (non-hydrogen) atoms. The third-order valence-electron chi connectivity index (χ3n) is 4.17. The monoisotopic (exact) mass is 474 g/mol. The van der Waals surface area contributed by atoms with Gasteiger partial charge in [0.05, 0.1) is 28.9 Å². The Morgan fingerprint density at radius 3 is 2.47 bits per heavy atom. The molecule has 0 bridgehead atoms. The van der Waals surface area contributed by atoms with E-state index in [0.29, 0.717) is 16.8 Å². The molecule has 15 heteroatoms. The molecule has 2 aromatic rings. The second-order valence-corrected chi connectivity index (χ2v) is 7.85. The predicted octanol–water partition coefficient (Wildman–Crippen LogP) is 2.86. The summed E-state index contributed by atoms with van der Waals surface area (Å²) in [6.07, 6.45) is -6.64. The van der Waals surface area contributed by atoms with Crippen LogP contribution in [0, 0.1) is 11.3 Å². The minimum Gasteiger partial charge on any atom is -0.394 e. The highest BCUT2D eigenvalue weighted by atomic mass is 35.5. The maximum Gasteiger partial charge on any atom is 0.476 e. The zero-order valence-electron chi connectivity index (χ0n) is 14.2. The average Bonchev–Trinajstić information content (AvgIpc) is 3.02. The summed E-state index contributed by atoms with van der Waals surface area (Å²) < 4.78 is 91.3. The quantitative estimate of drug-likeness (QED) is 0.590. The van der Waals surface area contributed by atoms with Crippen LogP contribution in [0.3, 0.4) is 0 Å². The Bertz CT molecular complexity index is 1080. The molecule has 3 rings (SSSR count). The van der Waals surface area contributed by atoms with Gasteiger partial charge in [-0.2, -0.15) is 36.7 Å². The number of aliphatic hydroxyl groups is 2. The van der Waals surface area contributed by atoms with E-state index in [-0.39, 0.29) is 11.3 Å². The van der Waals surface area contributed by atoms with Crippen molar-refractivity contribution in [1.82, 2.24) is 9.78 Å². The van der Waals surface area contributed by atoms with Gasteiger partial charge in [-0.3, -0.25) is 0 Å². The number of hydrogen-bond donors (Lipinski definition) is 3. The first-order chi connectivity index (χ1) is 13.8. The molecule has 1 aromatic heterocycles. The first-order valence-corrected chi connectivity index (χ1v) is 9.32. The van der Waals surface area contributed by atoms with E-state index in [0.717, 1.165) is 0 Å². The summed E-state index contributed by atoms with van der Waals surface area (Å²) in [5.41, 5.74) is -8.13. The Morgan fingerprint density at radius 2 is 1.97 bits per heavy atom. The van der Waals surface area contributed by atoms with Gasteiger partial charge in [0.15, 0.2) is 16.5 Å². The number of hydrogen-bond acceptors (Lipinski definition) is 6. The molecular weight excluding hydrogens is 466 g/mol. The van der Waals surface area contributed by atoms with Gasteiger partial charge in [0, 0.05) is 5.56 Å². The highest BCUT2D eigenvalue weighted by Crippen LogP contribution is 2.45. The number of aliphatic hydroxyl groups excluding tert-OH is 2. The predicted molar refractivity (Wildman–Crippen MR) is 90.2 cm³/mol. The lowest BCUT2D eigenvalue weighted by molar-refractivity contribution is -0.137. The van der Waals surface area contributed by atoms with Gasteiger partial charge in [-0.05, 0) is 12.1 Å². The topological polar surface area (TPSA) is 111 Å². The molecule has 2 heterocycles. The van der Waals surface area contributed by atoms with Gasteiger partial charge in [-0.1, -0.05) is 11.6 Å². The lowest BCUT2D eigenvalue weighted by Gasteiger charge is -2.32. The second-order valence-electron chi connectivity index (χ2n) is 6.03. The zero-order chi connectivity index (χ0) is 22.6. The van der Waals surface area contributed by atoms with Crippen molar-refractivity contribution in [2.75, 3.05) is 11.9 Å². The van der Waals surface area contributed by atoms with E-state index in [1.165, 1.54) is 6.07 Å². The number of anilines is 1. The SMILES string of the molecule is N#Cc1nn2c(c1S(=O)C(F)(F)F)NC(C(O)CO)c1cc(C(F)(F)F)cc(Cl)c1-2. The van der Waals surface area contributed by atoms with Crippen LogP contribution in [0.5, 0.6) is 0 Å². The fraction of sp³-hybridized carbons (Fsp3) is 0.333. The second kappa shape index (κ2) is 7.41. The third kappa shape index (κ3) is 3.62. The summed E-state index contributed by atoms with van der Waals surface area (Å²) in [6.45, 7) is -0.984. The highest BCUT2D eigenvalue weighted by Gasteiger charge is 2.45. The van der Waals surface area contributed by atoms with Gasteiger partial charge in [-0.15, -0.1) is 0 Å². The molecule has 0 radical (unpaired) electrons. The molecule has 1 aliphatic rings. The number of halogens is 7. The number of fused-ring (bicyclic) bond motifs is 3. The first-order valence-electron chi connectivity index (χ1n) is 7.79. The smallest absolute Gasteiger partial charge is 0.394 e. The summed E-state index contributed by atoms with van der Waals surface area (Å²) in [5, 5.41) is 33.8. The van der Waals surface area contributed by atoms with Crippen LogP contribution >= 0.6 is 11.6 Å². The largest absolute Gasteiger partial charge is 0.476 e. The number of aromatic nitrogens is 2. The Balaban J connectivity index is 2.36. The molecule has 3 N–H and O–H groups in total. The van der Waals surface area contributed by atoms with Crippen LogP contribution in [0.25, 0.3) is 5.69 Å². The van der Waals surface area contributed by atoms with Crippen LogP contribution in [0.2, 0.25) is 5.02 Å². The molecule has 0 spiro atoms. The number of nitrogens with one attached hydrogen (secondary N) is 1. The van der Waals surface area contributed by atoms with E-state index < -0.39 is 68.2 Å². The van der Waals surface area contributed by atoms with Crippen molar-refractivity contribution < 1.29 is 40.8 Å². The third-order valence-corrected chi connectivity index (χ3v) is 5.64. The van der Waals surface area contributed by atoms with Gasteiger partial charge in [0.1, 0.15) is 22.9 Å². The lowest BCUT2D eigenvalue weighted by atomic mass is 9.95. The maximum atomic E-state index is 13.2. The Hall–Kier alpha value is -2.34. The molecular formula is C15H9ClF6N4O3S. The van der Waals surface area contributed by atoms with Crippen LogP contribution in [-0.4, -0.2) is 42.4 Å². The van der Waals surface area contributed by atoms with Crippen molar-refractivity contribution in [2.45, 2.75) is 28.7 Å². The van der Waals surface area contributed by atoms with Crippen molar-refractivity contribution in [2.24, 2.45) is 0 Å². The molecule has 0 amide bonds. The summed E-state index contributed by atoms with van der Waals surface area (Å²) in [4.78, 5) is -1.08. The fourth-order valence-corrected chi connectivity index (χ4v) is 4.06. The first kappa shape index (κ1) is 22.3. The van der Waals surface area contributed by atoms with Crippen LogP contribution < -0.4 is 5.32 Å².